The maximum Gasteiger partial charge on any atom is 0.216 e. The van der Waals surface area contributed by atoms with E-state index in [1.807, 2.05) is 16.8 Å². The molecule has 1 aromatic heterocycles. The molecule has 0 fully saturated rings. The summed E-state index contributed by atoms with van der Waals surface area (Å²) in [5, 5.41) is 10.7. The Hall–Kier alpha value is -3.59. The van der Waals surface area contributed by atoms with E-state index in [1.54, 1.807) is 26.4 Å². The van der Waals surface area contributed by atoms with Crippen LogP contribution in [0.15, 0.2) is 36.4 Å². The lowest BCUT2D eigenvalue weighted by atomic mass is 10.1. The molecule has 0 radical (unpaired) electrons. The minimum Gasteiger partial charge on any atom is -0.493 e. The Balaban J connectivity index is 1.62. The van der Waals surface area contributed by atoms with Crippen molar-refractivity contribution in [1.82, 2.24) is 15.1 Å². The molecule has 4 rings (SSSR count). The number of methoxy groups -OCH3 is 2. The summed E-state index contributed by atoms with van der Waals surface area (Å²) in [6.45, 7) is 3.29. The zero-order chi connectivity index (χ0) is 23.4. The number of ether oxygens (including phenoxy) is 3. The number of nitrogens with zero attached hydrogens (tertiary/aromatic N) is 2. The van der Waals surface area contributed by atoms with Gasteiger partial charge in [-0.15, -0.1) is 0 Å². The second kappa shape index (κ2) is 9.91. The molecule has 0 bridgehead atoms. The number of amides is 1. The minimum absolute atomic E-state index is 0.0856. The highest BCUT2D eigenvalue weighted by Crippen LogP contribution is 2.45. The van der Waals surface area contributed by atoms with Gasteiger partial charge in [0.1, 0.15) is 5.82 Å². The van der Waals surface area contributed by atoms with Gasteiger partial charge in [-0.25, -0.2) is 4.39 Å². The van der Waals surface area contributed by atoms with Crippen LogP contribution < -0.4 is 20.1 Å². The SMILES string of the molecule is COc1cc2c(cc1OC)-c1c(c(Nc3cccc(F)c3)nn1CCOCCNC(C)=O)C2. The first kappa shape index (κ1) is 22.6. The Morgan fingerprint density at radius 3 is 2.67 bits per heavy atom. The predicted molar refractivity (Wildman–Crippen MR) is 123 cm³/mol. The summed E-state index contributed by atoms with van der Waals surface area (Å²) >= 11 is 0. The van der Waals surface area contributed by atoms with Crippen molar-refractivity contribution in [3.8, 4) is 22.8 Å². The summed E-state index contributed by atoms with van der Waals surface area (Å²) in [5.41, 5.74) is 4.72. The highest BCUT2D eigenvalue weighted by molar-refractivity contribution is 5.82. The number of carbonyl (C=O) groups excluding carboxylic acids is 1. The van der Waals surface area contributed by atoms with Crippen molar-refractivity contribution >= 4 is 17.4 Å². The van der Waals surface area contributed by atoms with Gasteiger partial charge in [0.2, 0.25) is 5.91 Å². The van der Waals surface area contributed by atoms with Crippen LogP contribution in [0.4, 0.5) is 15.9 Å². The van der Waals surface area contributed by atoms with Crippen LogP contribution in [-0.2, 0) is 22.5 Å². The molecule has 3 aromatic rings. The number of benzene rings is 2. The number of rotatable bonds is 10. The third-order valence-electron chi connectivity index (χ3n) is 5.44. The van der Waals surface area contributed by atoms with E-state index in [2.05, 4.69) is 10.6 Å². The third kappa shape index (κ3) is 4.93. The second-order valence-electron chi connectivity index (χ2n) is 7.67. The maximum absolute atomic E-state index is 13.7. The van der Waals surface area contributed by atoms with E-state index in [9.17, 15) is 9.18 Å². The van der Waals surface area contributed by atoms with Crippen molar-refractivity contribution in [3.63, 3.8) is 0 Å². The number of halogens is 1. The molecule has 2 N–H and O–H groups in total. The number of fused-ring (bicyclic) bond motifs is 3. The lowest BCUT2D eigenvalue weighted by molar-refractivity contribution is -0.119. The highest BCUT2D eigenvalue weighted by Gasteiger charge is 2.29. The Morgan fingerprint density at radius 1 is 1.15 bits per heavy atom. The van der Waals surface area contributed by atoms with E-state index in [0.29, 0.717) is 55.7 Å². The fraction of sp³-hybridized carbons (Fsp3) is 0.333. The topological polar surface area (TPSA) is 86.6 Å². The van der Waals surface area contributed by atoms with Crippen molar-refractivity contribution in [1.29, 1.82) is 0 Å². The summed E-state index contributed by atoms with van der Waals surface area (Å²) in [6.07, 6.45) is 0.659. The molecular weight excluding hydrogens is 427 g/mol. The molecular formula is C24H27FN4O4. The van der Waals surface area contributed by atoms with Crippen LogP contribution in [0.3, 0.4) is 0 Å². The van der Waals surface area contributed by atoms with E-state index in [1.165, 1.54) is 19.1 Å². The highest BCUT2D eigenvalue weighted by atomic mass is 19.1. The van der Waals surface area contributed by atoms with Gasteiger partial charge < -0.3 is 24.8 Å². The second-order valence-corrected chi connectivity index (χ2v) is 7.67. The van der Waals surface area contributed by atoms with Gasteiger partial charge in [0, 0.05) is 36.7 Å². The molecule has 0 saturated carbocycles. The number of aromatic nitrogens is 2. The summed E-state index contributed by atoms with van der Waals surface area (Å²) in [4.78, 5) is 11.0. The molecule has 1 aliphatic rings. The molecule has 1 aliphatic carbocycles. The van der Waals surface area contributed by atoms with Crippen LogP contribution >= 0.6 is 0 Å². The first-order chi connectivity index (χ1) is 16.0. The molecule has 0 atom stereocenters. The minimum atomic E-state index is -0.318. The predicted octanol–water partition coefficient (Wildman–Crippen LogP) is 3.51. The van der Waals surface area contributed by atoms with Gasteiger partial charge in [0.25, 0.3) is 0 Å². The molecule has 9 heteroatoms. The van der Waals surface area contributed by atoms with E-state index in [0.717, 1.165) is 22.4 Å². The van der Waals surface area contributed by atoms with E-state index in [4.69, 9.17) is 19.3 Å². The maximum atomic E-state index is 13.7. The largest absolute Gasteiger partial charge is 0.493 e. The number of hydrogen-bond acceptors (Lipinski definition) is 6. The van der Waals surface area contributed by atoms with Crippen molar-refractivity contribution in [3.05, 3.63) is 53.3 Å². The number of hydrogen-bond donors (Lipinski definition) is 2. The summed E-state index contributed by atoms with van der Waals surface area (Å²) < 4.78 is 32.3. The standard InChI is InChI=1S/C24H27FN4O4/c1-15(30)26-7-9-33-10-8-29-23-19-14-22(32-3)21(31-2)12-16(19)11-20(23)24(28-29)27-18-6-4-5-17(25)13-18/h4-6,12-14H,7-11H2,1-3H3,(H,26,30)(H,27,28). The fourth-order valence-electron chi connectivity index (χ4n) is 3.96. The van der Waals surface area contributed by atoms with E-state index < -0.39 is 0 Å². The average molecular weight is 455 g/mol. The van der Waals surface area contributed by atoms with Crippen LogP contribution in [0.2, 0.25) is 0 Å². The zero-order valence-corrected chi connectivity index (χ0v) is 18.9. The first-order valence-electron chi connectivity index (χ1n) is 10.7. The Kier molecular flexibility index (Phi) is 6.79. The van der Waals surface area contributed by atoms with Crippen LogP contribution in [0.5, 0.6) is 11.5 Å². The zero-order valence-electron chi connectivity index (χ0n) is 18.9. The van der Waals surface area contributed by atoms with Crippen molar-refractivity contribution in [2.24, 2.45) is 0 Å². The van der Waals surface area contributed by atoms with Gasteiger partial charge in [-0.2, -0.15) is 5.10 Å². The van der Waals surface area contributed by atoms with Gasteiger partial charge in [-0.1, -0.05) is 6.07 Å². The third-order valence-corrected chi connectivity index (χ3v) is 5.44. The Bertz CT molecular complexity index is 1160. The van der Waals surface area contributed by atoms with Crippen LogP contribution in [0.25, 0.3) is 11.3 Å². The first-order valence-corrected chi connectivity index (χ1v) is 10.7. The van der Waals surface area contributed by atoms with Crippen LogP contribution in [0.1, 0.15) is 18.1 Å². The Labute approximate surface area is 191 Å². The van der Waals surface area contributed by atoms with Crippen molar-refractivity contribution < 1.29 is 23.4 Å². The molecule has 1 amide bonds. The fourth-order valence-corrected chi connectivity index (χ4v) is 3.96. The molecule has 0 saturated heterocycles. The molecule has 174 valence electrons. The molecule has 0 unspecified atom stereocenters. The van der Waals surface area contributed by atoms with Gasteiger partial charge in [-0.05, 0) is 35.9 Å². The van der Waals surface area contributed by atoms with E-state index >= 15 is 0 Å². The summed E-state index contributed by atoms with van der Waals surface area (Å²) in [5.74, 6) is 1.58. The normalized spacial score (nSPS) is 11.6. The molecule has 0 aliphatic heterocycles. The smallest absolute Gasteiger partial charge is 0.216 e. The molecule has 2 aromatic carbocycles. The Morgan fingerprint density at radius 2 is 1.94 bits per heavy atom. The summed E-state index contributed by atoms with van der Waals surface area (Å²) in [7, 11) is 3.22. The average Bonchev–Trinajstić information content (AvgIpc) is 3.32. The lowest BCUT2D eigenvalue weighted by Gasteiger charge is -2.12. The number of nitrogens with one attached hydrogen (secondary N) is 2. The molecule has 0 spiro atoms. The number of anilines is 2. The van der Waals surface area contributed by atoms with Crippen LogP contribution in [0, 0.1) is 5.82 Å². The molecule has 1 heterocycles. The molecule has 8 nitrogen and oxygen atoms in total. The monoisotopic (exact) mass is 454 g/mol. The van der Waals surface area contributed by atoms with Gasteiger partial charge in [-0.3, -0.25) is 9.48 Å². The van der Waals surface area contributed by atoms with Gasteiger partial charge >= 0.3 is 0 Å². The van der Waals surface area contributed by atoms with Crippen molar-refractivity contribution in [2.45, 2.75) is 19.9 Å². The lowest BCUT2D eigenvalue weighted by Crippen LogP contribution is -2.25. The van der Waals surface area contributed by atoms with Gasteiger partial charge in [0.05, 0.1) is 39.7 Å². The van der Waals surface area contributed by atoms with E-state index in [-0.39, 0.29) is 11.7 Å². The molecule has 33 heavy (non-hydrogen) atoms. The quantitative estimate of drug-likeness (QED) is 0.357. The van der Waals surface area contributed by atoms with Crippen molar-refractivity contribution in [2.75, 3.05) is 39.3 Å². The van der Waals surface area contributed by atoms with Gasteiger partial charge in [0.15, 0.2) is 17.3 Å². The number of carbonyl (C=O) groups is 1. The summed E-state index contributed by atoms with van der Waals surface area (Å²) in [6, 6.07) is 10.2. The van der Waals surface area contributed by atoms with Crippen LogP contribution in [-0.4, -0.2) is 49.7 Å².